The molecule has 1 aromatic rings. The van der Waals surface area contributed by atoms with Gasteiger partial charge < -0.3 is 21.3 Å². The molecule has 0 atom stereocenters. The van der Waals surface area contributed by atoms with Gasteiger partial charge in [-0.2, -0.15) is 0 Å². The van der Waals surface area contributed by atoms with Crippen molar-refractivity contribution in [2.75, 3.05) is 39.3 Å². The number of benzene rings is 1. The molecule has 23 heavy (non-hydrogen) atoms. The Morgan fingerprint density at radius 3 is 1.74 bits per heavy atom. The Hall–Kier alpha value is -1.92. The van der Waals surface area contributed by atoms with Gasteiger partial charge in [-0.25, -0.2) is 0 Å². The van der Waals surface area contributed by atoms with Crippen LogP contribution in [0.25, 0.3) is 0 Å². The molecule has 6 heteroatoms. The predicted molar refractivity (Wildman–Crippen MR) is 90.2 cm³/mol. The molecule has 0 radical (unpaired) electrons. The molecule has 1 fully saturated rings. The minimum absolute atomic E-state index is 0.235. The average Bonchev–Trinajstić information content (AvgIpc) is 2.57. The van der Waals surface area contributed by atoms with Gasteiger partial charge in [-0.3, -0.25) is 9.59 Å². The van der Waals surface area contributed by atoms with Crippen LogP contribution in [0.2, 0.25) is 0 Å². The molecule has 0 spiro atoms. The van der Waals surface area contributed by atoms with Crippen LogP contribution in [0.4, 0.5) is 0 Å². The van der Waals surface area contributed by atoms with Gasteiger partial charge >= 0.3 is 0 Å². The van der Waals surface area contributed by atoms with Gasteiger partial charge in [-0.1, -0.05) is 30.3 Å². The van der Waals surface area contributed by atoms with E-state index in [0.29, 0.717) is 13.1 Å². The van der Waals surface area contributed by atoms with Crippen molar-refractivity contribution in [1.82, 2.24) is 21.3 Å². The summed E-state index contributed by atoms with van der Waals surface area (Å²) in [5.74, 6) is -1.26. The van der Waals surface area contributed by atoms with Crippen molar-refractivity contribution >= 4 is 11.8 Å². The number of hydrogen-bond donors (Lipinski definition) is 4. The molecule has 1 aromatic carbocycles. The molecular weight excluding hydrogens is 292 g/mol. The lowest BCUT2D eigenvalue weighted by Crippen LogP contribution is -2.40. The number of hydrogen-bond acceptors (Lipinski definition) is 4. The average molecular weight is 318 g/mol. The summed E-state index contributed by atoms with van der Waals surface area (Å²) in [4.78, 5) is 24.9. The fourth-order valence-electron chi connectivity index (χ4n) is 2.55. The maximum Gasteiger partial charge on any atom is 0.237 e. The highest BCUT2D eigenvalue weighted by Gasteiger charge is 2.27. The van der Waals surface area contributed by atoms with Crippen LogP contribution in [-0.4, -0.2) is 51.1 Å². The third-order valence-electron chi connectivity index (χ3n) is 3.79. The van der Waals surface area contributed by atoms with Gasteiger partial charge in [0.15, 0.2) is 0 Å². The maximum absolute atomic E-state index is 12.5. The molecule has 6 nitrogen and oxygen atoms in total. The lowest BCUT2D eigenvalue weighted by molar-refractivity contribution is -0.131. The molecule has 126 valence electrons. The van der Waals surface area contributed by atoms with Crippen LogP contribution in [0.5, 0.6) is 0 Å². The highest BCUT2D eigenvalue weighted by Crippen LogP contribution is 2.16. The predicted octanol–water partition coefficient (Wildman–Crippen LogP) is -0.0244. The Morgan fingerprint density at radius 2 is 1.22 bits per heavy atom. The SMILES string of the molecule is O=C1NCCCNCCNCCCNC(=O)C1c1ccccc1. The molecular formula is C17H26N4O2. The van der Waals surface area contributed by atoms with Gasteiger partial charge in [0.1, 0.15) is 5.92 Å². The monoisotopic (exact) mass is 318 g/mol. The molecule has 4 N–H and O–H groups in total. The van der Waals surface area contributed by atoms with Gasteiger partial charge in [-0.05, 0) is 31.5 Å². The van der Waals surface area contributed by atoms with Gasteiger partial charge in [0.25, 0.3) is 0 Å². The molecule has 2 rings (SSSR count). The van der Waals surface area contributed by atoms with E-state index in [9.17, 15) is 9.59 Å². The van der Waals surface area contributed by atoms with E-state index in [4.69, 9.17) is 0 Å². The van der Waals surface area contributed by atoms with Crippen molar-refractivity contribution in [3.8, 4) is 0 Å². The standard InChI is InChI=1S/C17H26N4O2/c22-16-15(14-6-2-1-3-7-14)17(23)21-11-5-9-19-13-12-18-8-4-10-20-16/h1-3,6-7,15,18-19H,4-5,8-13H2,(H,20,22)(H,21,23). The van der Waals surface area contributed by atoms with E-state index in [1.807, 2.05) is 30.3 Å². The quantitative estimate of drug-likeness (QED) is 0.548. The summed E-state index contributed by atoms with van der Waals surface area (Å²) in [6.07, 6.45) is 1.68. The molecule has 0 aliphatic carbocycles. The fraction of sp³-hybridized carbons (Fsp3) is 0.529. The third kappa shape index (κ3) is 6.00. The van der Waals surface area contributed by atoms with Crippen LogP contribution in [0.1, 0.15) is 24.3 Å². The topological polar surface area (TPSA) is 82.3 Å². The molecule has 2 amide bonds. The normalized spacial score (nSPS) is 20.0. The number of carbonyl (C=O) groups is 2. The largest absolute Gasteiger partial charge is 0.355 e. The Kier molecular flexibility index (Phi) is 7.56. The molecule has 1 aliphatic heterocycles. The Bertz CT molecular complexity index is 467. The van der Waals surface area contributed by atoms with Gasteiger partial charge in [0.05, 0.1) is 0 Å². The van der Waals surface area contributed by atoms with Gasteiger partial charge in [0.2, 0.25) is 11.8 Å². The van der Waals surface area contributed by atoms with E-state index >= 15 is 0 Å². The van der Waals surface area contributed by atoms with Gasteiger partial charge in [-0.15, -0.1) is 0 Å². The molecule has 0 aromatic heterocycles. The zero-order valence-electron chi connectivity index (χ0n) is 13.4. The number of amides is 2. The molecule has 0 bridgehead atoms. The highest BCUT2D eigenvalue weighted by atomic mass is 16.2. The van der Waals surface area contributed by atoms with E-state index < -0.39 is 5.92 Å². The van der Waals surface area contributed by atoms with Crippen LogP contribution in [-0.2, 0) is 9.59 Å². The smallest absolute Gasteiger partial charge is 0.237 e. The summed E-state index contributed by atoms with van der Waals surface area (Å²) in [7, 11) is 0. The first-order valence-corrected chi connectivity index (χ1v) is 8.31. The molecule has 0 unspecified atom stereocenters. The van der Waals surface area contributed by atoms with Crippen LogP contribution in [0, 0.1) is 0 Å². The van der Waals surface area contributed by atoms with Crippen LogP contribution in [0.3, 0.4) is 0 Å². The first-order chi connectivity index (χ1) is 11.3. The lowest BCUT2D eigenvalue weighted by Gasteiger charge is -2.17. The second kappa shape index (κ2) is 9.97. The van der Waals surface area contributed by atoms with E-state index in [1.54, 1.807) is 0 Å². The van der Waals surface area contributed by atoms with Crippen molar-refractivity contribution in [1.29, 1.82) is 0 Å². The Labute approximate surface area is 137 Å². The second-order valence-corrected chi connectivity index (χ2v) is 5.63. The van der Waals surface area contributed by atoms with Crippen LogP contribution >= 0.6 is 0 Å². The van der Waals surface area contributed by atoms with Crippen molar-refractivity contribution < 1.29 is 9.59 Å². The molecule has 1 saturated heterocycles. The van der Waals surface area contributed by atoms with Crippen molar-refractivity contribution in [3.05, 3.63) is 35.9 Å². The second-order valence-electron chi connectivity index (χ2n) is 5.63. The first kappa shape index (κ1) is 17.4. The van der Waals surface area contributed by atoms with Crippen molar-refractivity contribution in [2.24, 2.45) is 0 Å². The highest BCUT2D eigenvalue weighted by molar-refractivity contribution is 6.05. The minimum Gasteiger partial charge on any atom is -0.355 e. The van der Waals surface area contributed by atoms with E-state index in [-0.39, 0.29) is 11.8 Å². The Morgan fingerprint density at radius 1 is 0.696 bits per heavy atom. The van der Waals surface area contributed by atoms with Gasteiger partial charge in [0, 0.05) is 26.2 Å². The number of nitrogens with one attached hydrogen (secondary N) is 4. The molecule has 0 saturated carbocycles. The zero-order chi connectivity index (χ0) is 16.3. The maximum atomic E-state index is 12.5. The van der Waals surface area contributed by atoms with Crippen LogP contribution < -0.4 is 21.3 Å². The van der Waals surface area contributed by atoms with E-state index in [2.05, 4.69) is 21.3 Å². The summed E-state index contributed by atoms with van der Waals surface area (Å²) in [6, 6.07) is 9.21. The summed E-state index contributed by atoms with van der Waals surface area (Å²) < 4.78 is 0. The van der Waals surface area contributed by atoms with E-state index in [1.165, 1.54) is 0 Å². The lowest BCUT2D eigenvalue weighted by atomic mass is 9.97. The summed E-state index contributed by atoms with van der Waals surface area (Å²) in [6.45, 7) is 4.65. The Balaban J connectivity index is 2.04. The summed E-state index contributed by atoms with van der Waals surface area (Å²) in [5.41, 5.74) is 0.725. The summed E-state index contributed by atoms with van der Waals surface area (Å²) in [5, 5.41) is 12.4. The number of carbonyl (C=O) groups excluding carboxylic acids is 2. The fourth-order valence-corrected chi connectivity index (χ4v) is 2.55. The van der Waals surface area contributed by atoms with Crippen molar-refractivity contribution in [2.45, 2.75) is 18.8 Å². The third-order valence-corrected chi connectivity index (χ3v) is 3.79. The summed E-state index contributed by atoms with van der Waals surface area (Å²) >= 11 is 0. The molecule has 1 heterocycles. The first-order valence-electron chi connectivity index (χ1n) is 8.31. The minimum atomic E-state index is -0.790. The molecule has 1 aliphatic rings. The van der Waals surface area contributed by atoms with Crippen LogP contribution in [0.15, 0.2) is 30.3 Å². The number of rotatable bonds is 1. The van der Waals surface area contributed by atoms with Crippen molar-refractivity contribution in [3.63, 3.8) is 0 Å². The van der Waals surface area contributed by atoms with E-state index in [0.717, 1.165) is 44.6 Å². The zero-order valence-corrected chi connectivity index (χ0v) is 13.4.